The molecule has 0 bridgehead atoms. The fourth-order valence-electron chi connectivity index (χ4n) is 2.76. The molecule has 5 heteroatoms. The highest BCUT2D eigenvalue weighted by atomic mass is 16.5. The topological polar surface area (TPSA) is 54.5 Å². The van der Waals surface area contributed by atoms with Crippen molar-refractivity contribution in [3.63, 3.8) is 0 Å². The zero-order valence-electron chi connectivity index (χ0n) is 10.9. The second-order valence-corrected chi connectivity index (χ2v) is 5.12. The van der Waals surface area contributed by atoms with Gasteiger partial charge in [-0.05, 0) is 24.1 Å². The highest BCUT2D eigenvalue weighted by Gasteiger charge is 2.37. The average Bonchev–Trinajstić information content (AvgIpc) is 2.90. The molecule has 2 aliphatic heterocycles. The first kappa shape index (κ1) is 12.6. The summed E-state index contributed by atoms with van der Waals surface area (Å²) >= 11 is 0. The van der Waals surface area contributed by atoms with E-state index in [2.05, 4.69) is 10.3 Å². The fourth-order valence-corrected chi connectivity index (χ4v) is 2.76. The molecule has 0 radical (unpaired) electrons. The zero-order valence-corrected chi connectivity index (χ0v) is 10.9. The number of fused-ring (bicyclic) bond motifs is 1. The van der Waals surface area contributed by atoms with E-state index in [0.717, 1.165) is 38.2 Å². The summed E-state index contributed by atoms with van der Waals surface area (Å²) in [7, 11) is 0. The Morgan fingerprint density at radius 1 is 1.42 bits per heavy atom. The Hall–Kier alpha value is -1.46. The van der Waals surface area contributed by atoms with Crippen LogP contribution in [-0.2, 0) is 16.0 Å². The third kappa shape index (κ3) is 2.93. The van der Waals surface area contributed by atoms with Crippen LogP contribution in [0.5, 0.6) is 0 Å². The number of amides is 1. The van der Waals surface area contributed by atoms with Gasteiger partial charge in [0.05, 0.1) is 18.8 Å². The number of nitrogens with zero attached hydrogens (tertiary/aromatic N) is 2. The van der Waals surface area contributed by atoms with Crippen LogP contribution in [0.3, 0.4) is 0 Å². The molecule has 1 amide bonds. The van der Waals surface area contributed by atoms with Crippen molar-refractivity contribution in [2.45, 2.75) is 25.0 Å². The van der Waals surface area contributed by atoms with Crippen molar-refractivity contribution < 1.29 is 9.53 Å². The van der Waals surface area contributed by atoms with Gasteiger partial charge in [0.25, 0.3) is 0 Å². The van der Waals surface area contributed by atoms with Crippen LogP contribution in [0.15, 0.2) is 24.5 Å². The zero-order chi connectivity index (χ0) is 13.1. The molecule has 102 valence electrons. The van der Waals surface area contributed by atoms with Crippen LogP contribution >= 0.6 is 0 Å². The SMILES string of the molecule is O=C(CCc1ccncc1)N1C[C@@H]2NCCO[C@H]2C1. The standard InChI is InChI=1S/C14H19N3O2/c18-14(2-1-11-3-5-15-6-4-11)17-9-12-13(10-17)19-8-7-16-12/h3-6,12-13,16H,1-2,7-10H2/t12-,13-/m0/s1. The van der Waals surface area contributed by atoms with E-state index in [1.165, 1.54) is 0 Å². The van der Waals surface area contributed by atoms with Crippen molar-refractivity contribution in [3.8, 4) is 0 Å². The number of carbonyl (C=O) groups is 1. The maximum atomic E-state index is 12.2. The minimum atomic E-state index is 0.179. The number of aromatic nitrogens is 1. The minimum Gasteiger partial charge on any atom is -0.373 e. The number of pyridine rings is 1. The number of hydrogen-bond acceptors (Lipinski definition) is 4. The molecular formula is C14H19N3O2. The van der Waals surface area contributed by atoms with Crippen LogP contribution in [0.4, 0.5) is 0 Å². The molecule has 1 aromatic rings. The van der Waals surface area contributed by atoms with Gasteiger partial charge in [0.15, 0.2) is 0 Å². The summed E-state index contributed by atoms with van der Waals surface area (Å²) in [6.45, 7) is 3.15. The average molecular weight is 261 g/mol. The third-order valence-corrected chi connectivity index (χ3v) is 3.84. The van der Waals surface area contributed by atoms with Crippen molar-refractivity contribution in [3.05, 3.63) is 30.1 Å². The summed E-state index contributed by atoms with van der Waals surface area (Å²) in [6, 6.07) is 4.24. The van der Waals surface area contributed by atoms with E-state index < -0.39 is 0 Å². The Balaban J connectivity index is 1.51. The van der Waals surface area contributed by atoms with E-state index in [1.807, 2.05) is 17.0 Å². The first-order valence-corrected chi connectivity index (χ1v) is 6.84. The molecule has 3 rings (SSSR count). The number of aryl methyl sites for hydroxylation is 1. The van der Waals surface area contributed by atoms with Crippen molar-refractivity contribution in [2.75, 3.05) is 26.2 Å². The van der Waals surface area contributed by atoms with Crippen molar-refractivity contribution >= 4 is 5.91 Å². The summed E-state index contributed by atoms with van der Waals surface area (Å²) in [6.07, 6.45) is 5.05. The van der Waals surface area contributed by atoms with Gasteiger partial charge in [-0.15, -0.1) is 0 Å². The van der Waals surface area contributed by atoms with E-state index in [-0.39, 0.29) is 12.0 Å². The normalized spacial score (nSPS) is 26.2. The molecule has 0 spiro atoms. The van der Waals surface area contributed by atoms with Gasteiger partial charge in [0.1, 0.15) is 0 Å². The largest absolute Gasteiger partial charge is 0.373 e. The number of carbonyl (C=O) groups excluding carboxylic acids is 1. The second kappa shape index (κ2) is 5.67. The van der Waals surface area contributed by atoms with E-state index in [1.54, 1.807) is 12.4 Å². The van der Waals surface area contributed by atoms with Gasteiger partial charge in [-0.1, -0.05) is 0 Å². The summed E-state index contributed by atoms with van der Waals surface area (Å²) < 4.78 is 5.68. The molecule has 0 saturated carbocycles. The lowest BCUT2D eigenvalue weighted by Gasteiger charge is -2.25. The number of likely N-dealkylation sites (tertiary alicyclic amines) is 1. The Kier molecular flexibility index (Phi) is 3.75. The summed E-state index contributed by atoms with van der Waals surface area (Å²) in [4.78, 5) is 18.1. The Labute approximate surface area is 113 Å². The maximum Gasteiger partial charge on any atom is 0.223 e. The number of morpholine rings is 1. The number of nitrogens with one attached hydrogen (secondary N) is 1. The van der Waals surface area contributed by atoms with Crippen molar-refractivity contribution in [1.29, 1.82) is 0 Å². The molecule has 2 saturated heterocycles. The van der Waals surface area contributed by atoms with Crippen LogP contribution in [0.2, 0.25) is 0 Å². The first-order chi connectivity index (χ1) is 9.33. The van der Waals surface area contributed by atoms with E-state index in [0.29, 0.717) is 12.5 Å². The van der Waals surface area contributed by atoms with Gasteiger partial charge >= 0.3 is 0 Å². The van der Waals surface area contributed by atoms with Gasteiger partial charge in [-0.25, -0.2) is 0 Å². The van der Waals surface area contributed by atoms with Gasteiger partial charge in [0, 0.05) is 38.4 Å². The number of rotatable bonds is 3. The Bertz CT molecular complexity index is 424. The van der Waals surface area contributed by atoms with Crippen molar-refractivity contribution in [1.82, 2.24) is 15.2 Å². The van der Waals surface area contributed by atoms with Crippen LogP contribution in [0, 0.1) is 0 Å². The molecule has 2 fully saturated rings. The lowest BCUT2D eigenvalue weighted by atomic mass is 10.1. The Morgan fingerprint density at radius 3 is 3.05 bits per heavy atom. The molecule has 0 aliphatic carbocycles. The lowest BCUT2D eigenvalue weighted by molar-refractivity contribution is -0.130. The monoisotopic (exact) mass is 261 g/mol. The van der Waals surface area contributed by atoms with E-state index >= 15 is 0 Å². The molecule has 19 heavy (non-hydrogen) atoms. The minimum absolute atomic E-state index is 0.179. The van der Waals surface area contributed by atoms with Gasteiger partial charge in [0.2, 0.25) is 5.91 Å². The summed E-state index contributed by atoms with van der Waals surface area (Å²) in [5.74, 6) is 0.219. The van der Waals surface area contributed by atoms with Gasteiger partial charge in [-0.3, -0.25) is 9.78 Å². The molecule has 1 aromatic heterocycles. The molecule has 3 heterocycles. The molecule has 0 unspecified atom stereocenters. The smallest absolute Gasteiger partial charge is 0.223 e. The summed E-state index contributed by atoms with van der Waals surface area (Å²) in [5.41, 5.74) is 1.16. The van der Waals surface area contributed by atoms with Crippen LogP contribution < -0.4 is 5.32 Å². The number of ether oxygens (including phenoxy) is 1. The fraction of sp³-hybridized carbons (Fsp3) is 0.571. The van der Waals surface area contributed by atoms with Crippen LogP contribution in [-0.4, -0.2) is 54.2 Å². The predicted octanol–water partition coefficient (Wildman–Crippen LogP) is 0.213. The highest BCUT2D eigenvalue weighted by Crippen LogP contribution is 2.17. The summed E-state index contributed by atoms with van der Waals surface area (Å²) in [5, 5.41) is 3.41. The maximum absolute atomic E-state index is 12.2. The first-order valence-electron chi connectivity index (χ1n) is 6.84. The van der Waals surface area contributed by atoms with Crippen molar-refractivity contribution in [2.24, 2.45) is 0 Å². The third-order valence-electron chi connectivity index (χ3n) is 3.84. The second-order valence-electron chi connectivity index (χ2n) is 5.12. The highest BCUT2D eigenvalue weighted by molar-refractivity contribution is 5.77. The quantitative estimate of drug-likeness (QED) is 0.845. The predicted molar refractivity (Wildman–Crippen MR) is 70.7 cm³/mol. The van der Waals surface area contributed by atoms with Gasteiger partial charge in [-0.2, -0.15) is 0 Å². The lowest BCUT2D eigenvalue weighted by Crippen LogP contribution is -2.47. The molecule has 0 aromatic carbocycles. The molecule has 1 N–H and O–H groups in total. The van der Waals surface area contributed by atoms with Crippen LogP contribution in [0.25, 0.3) is 0 Å². The molecule has 2 aliphatic rings. The van der Waals surface area contributed by atoms with Gasteiger partial charge < -0.3 is 15.0 Å². The Morgan fingerprint density at radius 2 is 2.26 bits per heavy atom. The molecule has 2 atom stereocenters. The molecule has 5 nitrogen and oxygen atoms in total. The van der Waals surface area contributed by atoms with E-state index in [9.17, 15) is 4.79 Å². The van der Waals surface area contributed by atoms with E-state index in [4.69, 9.17) is 4.74 Å². The molecular weight excluding hydrogens is 242 g/mol. The number of hydrogen-bond donors (Lipinski definition) is 1. The van der Waals surface area contributed by atoms with Crippen LogP contribution in [0.1, 0.15) is 12.0 Å².